The Hall–Kier alpha value is -0.760. The van der Waals surface area contributed by atoms with Crippen molar-refractivity contribution in [3.8, 4) is 0 Å². The highest BCUT2D eigenvalue weighted by Gasteiger charge is 2.47. The monoisotopic (exact) mass is 191 g/mol. The van der Waals surface area contributed by atoms with Crippen molar-refractivity contribution in [2.75, 3.05) is 0 Å². The zero-order valence-corrected chi connectivity index (χ0v) is 8.36. The second-order valence-electron chi connectivity index (χ2n) is 4.99. The number of hydrogen-bond acceptors (Lipinski definition) is 2. The van der Waals surface area contributed by atoms with Crippen LogP contribution in [0.2, 0.25) is 0 Å². The molecule has 1 aromatic heterocycles. The summed E-state index contributed by atoms with van der Waals surface area (Å²) in [5.41, 5.74) is 7.46. The number of nitrogens with two attached hydrogens (primary N) is 1. The fraction of sp³-hybridized carbons (Fsp3) is 0.667. The van der Waals surface area contributed by atoms with Gasteiger partial charge in [0.2, 0.25) is 0 Å². The maximum Gasteiger partial charge on any atom is 0.0935 e. The maximum atomic E-state index is 6.21. The van der Waals surface area contributed by atoms with Gasteiger partial charge in [-0.05, 0) is 55.1 Å². The molecule has 1 aromatic rings. The predicted molar refractivity (Wildman–Crippen MR) is 54.7 cm³/mol. The van der Waals surface area contributed by atoms with E-state index in [1.54, 1.807) is 6.26 Å². The standard InChI is InChI=1S/C12H17NO/c13-12(3-8-1-2-14-7-8)11-5-9-4-10(9)6-11/h1-2,7,9-12H,3-6,13H2. The molecule has 2 nitrogen and oxygen atoms in total. The van der Waals surface area contributed by atoms with Gasteiger partial charge in [0.25, 0.3) is 0 Å². The van der Waals surface area contributed by atoms with Crippen molar-refractivity contribution in [2.45, 2.75) is 31.7 Å². The molecule has 14 heavy (non-hydrogen) atoms. The van der Waals surface area contributed by atoms with Crippen LogP contribution in [0.25, 0.3) is 0 Å². The van der Waals surface area contributed by atoms with E-state index in [0.717, 1.165) is 24.2 Å². The van der Waals surface area contributed by atoms with E-state index in [1.165, 1.54) is 24.8 Å². The Balaban J connectivity index is 1.58. The summed E-state index contributed by atoms with van der Waals surface area (Å²) in [4.78, 5) is 0. The molecule has 0 aromatic carbocycles. The summed E-state index contributed by atoms with van der Waals surface area (Å²) in [6.07, 6.45) is 8.77. The Bertz CT molecular complexity index is 296. The average Bonchev–Trinajstić information content (AvgIpc) is 2.68. The molecule has 2 aliphatic carbocycles. The lowest BCUT2D eigenvalue weighted by atomic mass is 9.91. The number of fused-ring (bicyclic) bond motifs is 1. The predicted octanol–water partition coefficient (Wildman–Crippen LogP) is 2.20. The Labute approximate surface area is 84.5 Å². The highest BCUT2D eigenvalue weighted by atomic mass is 16.3. The van der Waals surface area contributed by atoms with E-state index in [1.807, 2.05) is 12.3 Å². The summed E-state index contributed by atoms with van der Waals surface area (Å²) in [5.74, 6) is 2.85. The molecule has 3 rings (SSSR count). The quantitative estimate of drug-likeness (QED) is 0.795. The van der Waals surface area contributed by atoms with Crippen molar-refractivity contribution in [1.29, 1.82) is 0 Å². The Morgan fingerprint density at radius 1 is 1.36 bits per heavy atom. The van der Waals surface area contributed by atoms with Crippen LogP contribution in [-0.4, -0.2) is 6.04 Å². The summed E-state index contributed by atoms with van der Waals surface area (Å²) >= 11 is 0. The third-order valence-corrected chi connectivity index (χ3v) is 3.94. The molecule has 2 N–H and O–H groups in total. The average molecular weight is 191 g/mol. The zero-order valence-electron chi connectivity index (χ0n) is 8.36. The van der Waals surface area contributed by atoms with Crippen molar-refractivity contribution in [1.82, 2.24) is 0 Å². The first-order valence-corrected chi connectivity index (χ1v) is 5.59. The number of furan rings is 1. The fourth-order valence-electron chi connectivity index (χ4n) is 2.96. The van der Waals surface area contributed by atoms with Crippen LogP contribution in [0.15, 0.2) is 23.0 Å². The van der Waals surface area contributed by atoms with Crippen LogP contribution in [0.4, 0.5) is 0 Å². The van der Waals surface area contributed by atoms with Crippen molar-refractivity contribution in [3.63, 3.8) is 0 Å². The van der Waals surface area contributed by atoms with Gasteiger partial charge in [-0.2, -0.15) is 0 Å². The van der Waals surface area contributed by atoms with Crippen molar-refractivity contribution >= 4 is 0 Å². The van der Waals surface area contributed by atoms with Gasteiger partial charge in [0.15, 0.2) is 0 Å². The number of rotatable bonds is 3. The molecule has 1 heterocycles. The SMILES string of the molecule is NC(Cc1ccoc1)C1CC2CC2C1. The Morgan fingerprint density at radius 2 is 2.14 bits per heavy atom. The van der Waals surface area contributed by atoms with Gasteiger partial charge >= 0.3 is 0 Å². The van der Waals surface area contributed by atoms with E-state index in [-0.39, 0.29) is 0 Å². The highest BCUT2D eigenvalue weighted by Crippen LogP contribution is 2.55. The minimum atomic E-state index is 0.348. The van der Waals surface area contributed by atoms with Gasteiger partial charge < -0.3 is 10.2 Å². The van der Waals surface area contributed by atoms with E-state index in [4.69, 9.17) is 10.2 Å². The molecule has 0 aliphatic heterocycles. The van der Waals surface area contributed by atoms with E-state index < -0.39 is 0 Å². The molecule has 0 amide bonds. The fourth-order valence-corrected chi connectivity index (χ4v) is 2.96. The third kappa shape index (κ3) is 1.48. The molecule has 0 spiro atoms. The van der Waals surface area contributed by atoms with E-state index in [9.17, 15) is 0 Å². The van der Waals surface area contributed by atoms with E-state index >= 15 is 0 Å². The molecule has 2 aliphatic rings. The third-order valence-electron chi connectivity index (χ3n) is 3.94. The summed E-state index contributed by atoms with van der Waals surface area (Å²) in [7, 11) is 0. The van der Waals surface area contributed by atoms with Crippen LogP contribution >= 0.6 is 0 Å². The minimum Gasteiger partial charge on any atom is -0.472 e. The molecule has 2 fully saturated rings. The lowest BCUT2D eigenvalue weighted by Crippen LogP contribution is -2.31. The molecular formula is C12H17NO. The van der Waals surface area contributed by atoms with Gasteiger partial charge in [0, 0.05) is 6.04 Å². The van der Waals surface area contributed by atoms with Crippen molar-refractivity contribution in [2.24, 2.45) is 23.5 Å². The van der Waals surface area contributed by atoms with Crippen LogP contribution in [0.1, 0.15) is 24.8 Å². The van der Waals surface area contributed by atoms with Crippen LogP contribution in [0.3, 0.4) is 0 Å². The van der Waals surface area contributed by atoms with Crippen LogP contribution < -0.4 is 5.73 Å². The number of hydrogen-bond donors (Lipinski definition) is 1. The first-order chi connectivity index (χ1) is 6.83. The molecule has 3 unspecified atom stereocenters. The summed E-state index contributed by atoms with van der Waals surface area (Å²) in [6.45, 7) is 0. The molecule has 2 saturated carbocycles. The summed E-state index contributed by atoms with van der Waals surface area (Å²) in [6, 6.07) is 2.37. The van der Waals surface area contributed by atoms with Crippen LogP contribution in [-0.2, 0) is 6.42 Å². The van der Waals surface area contributed by atoms with Crippen LogP contribution in [0.5, 0.6) is 0 Å². The van der Waals surface area contributed by atoms with E-state index in [0.29, 0.717) is 6.04 Å². The first kappa shape index (κ1) is 8.54. The van der Waals surface area contributed by atoms with E-state index in [2.05, 4.69) is 0 Å². The van der Waals surface area contributed by atoms with Gasteiger partial charge in [-0.1, -0.05) is 0 Å². The van der Waals surface area contributed by atoms with Gasteiger partial charge in [-0.25, -0.2) is 0 Å². The Kier molecular flexibility index (Phi) is 1.91. The van der Waals surface area contributed by atoms with Crippen molar-refractivity contribution < 1.29 is 4.42 Å². The molecule has 2 heteroatoms. The maximum absolute atomic E-state index is 6.21. The molecule has 0 radical (unpaired) electrons. The van der Waals surface area contributed by atoms with Gasteiger partial charge in [-0.3, -0.25) is 0 Å². The topological polar surface area (TPSA) is 39.2 Å². The molecule has 0 bridgehead atoms. The lowest BCUT2D eigenvalue weighted by Gasteiger charge is -2.19. The first-order valence-electron chi connectivity index (χ1n) is 5.59. The molecular weight excluding hydrogens is 174 g/mol. The normalized spacial score (nSPS) is 36.8. The summed E-state index contributed by atoms with van der Waals surface area (Å²) in [5, 5.41) is 0. The highest BCUT2D eigenvalue weighted by molar-refractivity contribution is 5.09. The molecule has 76 valence electrons. The van der Waals surface area contributed by atoms with Gasteiger partial charge in [0.1, 0.15) is 0 Å². The molecule has 3 atom stereocenters. The zero-order chi connectivity index (χ0) is 9.54. The van der Waals surface area contributed by atoms with Crippen molar-refractivity contribution in [3.05, 3.63) is 24.2 Å². The smallest absolute Gasteiger partial charge is 0.0935 e. The van der Waals surface area contributed by atoms with Gasteiger partial charge in [-0.15, -0.1) is 0 Å². The van der Waals surface area contributed by atoms with Crippen LogP contribution in [0, 0.1) is 17.8 Å². The summed E-state index contributed by atoms with van der Waals surface area (Å²) < 4.78 is 5.05. The minimum absolute atomic E-state index is 0.348. The van der Waals surface area contributed by atoms with Gasteiger partial charge in [0.05, 0.1) is 12.5 Å². The largest absolute Gasteiger partial charge is 0.472 e. The second-order valence-corrected chi connectivity index (χ2v) is 4.99. The molecule has 0 saturated heterocycles. The lowest BCUT2D eigenvalue weighted by molar-refractivity contribution is 0.391. The second kappa shape index (κ2) is 3.13. The Morgan fingerprint density at radius 3 is 2.79 bits per heavy atom.